The van der Waals surface area contributed by atoms with Gasteiger partial charge in [0.05, 0.1) is 0 Å². The maximum atomic E-state index is 12.1. The van der Waals surface area contributed by atoms with Gasteiger partial charge in [0.25, 0.3) is 0 Å². The molecule has 1 amide bonds. The van der Waals surface area contributed by atoms with Crippen molar-refractivity contribution in [2.45, 2.75) is 58.1 Å². The fourth-order valence-corrected chi connectivity index (χ4v) is 2.79. The summed E-state index contributed by atoms with van der Waals surface area (Å²) in [7, 11) is 0. The topological polar surface area (TPSA) is 29.5 Å². The lowest BCUT2D eigenvalue weighted by atomic mass is 9.82. The van der Waals surface area contributed by atoms with E-state index in [-0.39, 0.29) is 6.09 Å². The Morgan fingerprint density at radius 2 is 2.00 bits per heavy atom. The second kappa shape index (κ2) is 4.71. The number of rotatable bonds is 0. The molecular weight excluding hydrogens is 214 g/mol. The molecule has 0 radical (unpaired) electrons. The first-order chi connectivity index (χ1) is 7.97. The van der Waals surface area contributed by atoms with Gasteiger partial charge in [-0.2, -0.15) is 0 Å². The van der Waals surface area contributed by atoms with Gasteiger partial charge in [-0.3, -0.25) is 0 Å². The Hall–Kier alpha value is -0.990. The van der Waals surface area contributed by atoms with E-state index in [1.54, 1.807) is 0 Å². The standard InChI is InChI=1S/C14H23NO2/c1-14(2,3)17-13(16)15-10-6-8-11-7-4-5-9-12(11)15/h4-5,11-12H,6-10H2,1-3H3/t11-,12+/m1/s1. The van der Waals surface area contributed by atoms with Crippen LogP contribution in [0.1, 0.15) is 46.5 Å². The molecule has 0 N–H and O–H groups in total. The van der Waals surface area contributed by atoms with Crippen LogP contribution in [0.2, 0.25) is 0 Å². The van der Waals surface area contributed by atoms with Crippen molar-refractivity contribution in [1.29, 1.82) is 0 Å². The van der Waals surface area contributed by atoms with E-state index in [1.165, 1.54) is 6.42 Å². The van der Waals surface area contributed by atoms with E-state index in [4.69, 9.17) is 4.74 Å². The third kappa shape index (κ3) is 3.02. The van der Waals surface area contributed by atoms with Gasteiger partial charge in [0, 0.05) is 12.6 Å². The Balaban J connectivity index is 2.04. The number of carbonyl (C=O) groups excluding carboxylic acids is 1. The molecule has 2 atom stereocenters. The molecule has 2 rings (SSSR count). The van der Waals surface area contributed by atoms with Gasteiger partial charge in [-0.15, -0.1) is 0 Å². The van der Waals surface area contributed by atoms with E-state index in [0.29, 0.717) is 12.0 Å². The molecule has 0 saturated carbocycles. The zero-order valence-electron chi connectivity index (χ0n) is 11.1. The van der Waals surface area contributed by atoms with Crippen LogP contribution in [0, 0.1) is 5.92 Å². The molecule has 1 aliphatic carbocycles. The third-order valence-corrected chi connectivity index (χ3v) is 3.53. The van der Waals surface area contributed by atoms with E-state index in [1.807, 2.05) is 25.7 Å². The average Bonchev–Trinajstić information content (AvgIpc) is 2.26. The van der Waals surface area contributed by atoms with Crippen molar-refractivity contribution in [2.24, 2.45) is 5.92 Å². The number of piperidine rings is 1. The number of amides is 1. The van der Waals surface area contributed by atoms with Crippen LogP contribution in [-0.4, -0.2) is 29.2 Å². The maximum absolute atomic E-state index is 12.1. The van der Waals surface area contributed by atoms with Gasteiger partial charge in [-0.25, -0.2) is 4.79 Å². The van der Waals surface area contributed by atoms with Crippen LogP contribution < -0.4 is 0 Å². The Kier molecular flexibility index (Phi) is 3.45. The summed E-state index contributed by atoms with van der Waals surface area (Å²) in [6.45, 7) is 6.62. The van der Waals surface area contributed by atoms with Gasteiger partial charge in [0.2, 0.25) is 0 Å². The number of ether oxygens (including phenoxy) is 1. The number of fused-ring (bicyclic) bond motifs is 1. The Morgan fingerprint density at radius 3 is 2.71 bits per heavy atom. The largest absolute Gasteiger partial charge is 0.444 e. The molecular formula is C14H23NO2. The van der Waals surface area contributed by atoms with E-state index in [9.17, 15) is 4.79 Å². The summed E-state index contributed by atoms with van der Waals surface area (Å²) in [5.74, 6) is 0.640. The Labute approximate surface area is 104 Å². The molecule has 0 unspecified atom stereocenters. The van der Waals surface area contributed by atoms with Crippen molar-refractivity contribution >= 4 is 6.09 Å². The average molecular weight is 237 g/mol. The fourth-order valence-electron chi connectivity index (χ4n) is 2.79. The van der Waals surface area contributed by atoms with Crippen LogP contribution in [0.3, 0.4) is 0 Å². The van der Waals surface area contributed by atoms with Gasteiger partial charge >= 0.3 is 6.09 Å². The third-order valence-electron chi connectivity index (χ3n) is 3.53. The molecule has 1 saturated heterocycles. The molecule has 0 aromatic carbocycles. The molecule has 0 spiro atoms. The summed E-state index contributed by atoms with van der Waals surface area (Å²) in [5.41, 5.74) is -0.394. The van der Waals surface area contributed by atoms with Gasteiger partial charge in [-0.05, 0) is 52.4 Å². The highest BCUT2D eigenvalue weighted by Gasteiger charge is 2.36. The van der Waals surface area contributed by atoms with Crippen molar-refractivity contribution in [3.05, 3.63) is 12.2 Å². The minimum Gasteiger partial charge on any atom is -0.444 e. The van der Waals surface area contributed by atoms with Gasteiger partial charge < -0.3 is 9.64 Å². The van der Waals surface area contributed by atoms with Crippen LogP contribution in [0.25, 0.3) is 0 Å². The van der Waals surface area contributed by atoms with Crippen molar-refractivity contribution in [3.63, 3.8) is 0 Å². The van der Waals surface area contributed by atoms with E-state index >= 15 is 0 Å². The monoisotopic (exact) mass is 237 g/mol. The van der Waals surface area contributed by atoms with Gasteiger partial charge in [0.15, 0.2) is 0 Å². The predicted octanol–water partition coefficient (Wildman–Crippen LogP) is 3.35. The number of likely N-dealkylation sites (tertiary alicyclic amines) is 1. The molecule has 17 heavy (non-hydrogen) atoms. The Morgan fingerprint density at radius 1 is 1.29 bits per heavy atom. The molecule has 96 valence electrons. The smallest absolute Gasteiger partial charge is 0.410 e. The van der Waals surface area contributed by atoms with Crippen molar-refractivity contribution in [2.75, 3.05) is 6.54 Å². The number of allylic oxidation sites excluding steroid dienone is 1. The van der Waals surface area contributed by atoms with Crippen LogP contribution >= 0.6 is 0 Å². The molecule has 1 aliphatic heterocycles. The van der Waals surface area contributed by atoms with Crippen LogP contribution in [0.5, 0.6) is 0 Å². The summed E-state index contributed by atoms with van der Waals surface area (Å²) in [4.78, 5) is 14.1. The zero-order valence-corrected chi connectivity index (χ0v) is 11.1. The number of hydrogen-bond acceptors (Lipinski definition) is 2. The minimum absolute atomic E-state index is 0.137. The molecule has 3 heteroatoms. The predicted molar refractivity (Wildman–Crippen MR) is 67.8 cm³/mol. The quantitative estimate of drug-likeness (QED) is 0.605. The summed E-state index contributed by atoms with van der Waals surface area (Å²) >= 11 is 0. The van der Waals surface area contributed by atoms with Crippen LogP contribution in [0.15, 0.2) is 12.2 Å². The normalized spacial score (nSPS) is 28.8. The van der Waals surface area contributed by atoms with E-state index < -0.39 is 5.60 Å². The highest BCUT2D eigenvalue weighted by Crippen LogP contribution is 2.32. The first-order valence-electron chi connectivity index (χ1n) is 6.62. The van der Waals surface area contributed by atoms with Crippen LogP contribution in [-0.2, 0) is 4.74 Å². The highest BCUT2D eigenvalue weighted by atomic mass is 16.6. The summed E-state index contributed by atoms with van der Waals surface area (Å²) in [5, 5.41) is 0. The number of nitrogens with zero attached hydrogens (tertiary/aromatic N) is 1. The SMILES string of the molecule is CC(C)(C)OC(=O)N1CCC[C@H]2CC=CC[C@@H]21. The molecule has 0 aromatic rings. The number of carbonyl (C=O) groups is 1. The molecule has 3 nitrogen and oxygen atoms in total. The first-order valence-corrected chi connectivity index (χ1v) is 6.62. The second-order valence-electron chi connectivity index (χ2n) is 6.09. The fraction of sp³-hybridized carbons (Fsp3) is 0.786. The first kappa shape index (κ1) is 12.5. The lowest BCUT2D eigenvalue weighted by Gasteiger charge is -2.42. The lowest BCUT2D eigenvalue weighted by Crippen LogP contribution is -2.50. The highest BCUT2D eigenvalue weighted by molar-refractivity contribution is 5.68. The number of hydrogen-bond donors (Lipinski definition) is 0. The van der Waals surface area contributed by atoms with Crippen molar-refractivity contribution in [1.82, 2.24) is 4.90 Å². The molecule has 2 aliphatic rings. The lowest BCUT2D eigenvalue weighted by molar-refractivity contribution is -0.000209. The molecule has 0 bridgehead atoms. The van der Waals surface area contributed by atoms with Crippen molar-refractivity contribution < 1.29 is 9.53 Å². The summed E-state index contributed by atoms with van der Waals surface area (Å²) in [6, 6.07) is 0.364. The van der Waals surface area contributed by atoms with Gasteiger partial charge in [0.1, 0.15) is 5.60 Å². The second-order valence-corrected chi connectivity index (χ2v) is 6.09. The summed E-state index contributed by atoms with van der Waals surface area (Å²) < 4.78 is 5.49. The van der Waals surface area contributed by atoms with E-state index in [0.717, 1.165) is 25.8 Å². The molecule has 1 fully saturated rings. The molecule has 1 heterocycles. The minimum atomic E-state index is -0.394. The maximum Gasteiger partial charge on any atom is 0.410 e. The van der Waals surface area contributed by atoms with Crippen molar-refractivity contribution in [3.8, 4) is 0 Å². The zero-order chi connectivity index (χ0) is 12.5. The summed E-state index contributed by atoms with van der Waals surface area (Å²) in [6.07, 6.45) is 8.77. The Bertz CT molecular complexity index is 317. The van der Waals surface area contributed by atoms with Gasteiger partial charge in [-0.1, -0.05) is 12.2 Å². The molecule has 0 aromatic heterocycles. The van der Waals surface area contributed by atoms with E-state index in [2.05, 4.69) is 12.2 Å². The van der Waals surface area contributed by atoms with Crippen LogP contribution in [0.4, 0.5) is 4.79 Å².